The molecule has 33 heavy (non-hydrogen) atoms. The molecule has 180 valence electrons. The summed E-state index contributed by atoms with van der Waals surface area (Å²) in [5, 5.41) is 5.33. The largest absolute Gasteiger partial charge is 0.379 e. The van der Waals surface area contributed by atoms with Crippen molar-refractivity contribution in [3.8, 4) is 0 Å². The van der Waals surface area contributed by atoms with Gasteiger partial charge in [-0.1, -0.05) is 0 Å². The molecule has 0 saturated heterocycles. The standard InChI is InChI=1S/C21H28N4O8/c26-16(6-10-24-18(28)2-3-19(24)29)22-8-1-12-32-14-15-33-13-9-23-17(27)7-11-25-20(30)4-5-21(25)31/h2-5H,1,6-15H2,(H,22,26)(H,23,27). The van der Waals surface area contributed by atoms with Gasteiger partial charge in [-0.25, -0.2) is 0 Å². The maximum atomic E-state index is 11.7. The number of nitrogens with zero attached hydrogens (tertiary/aromatic N) is 2. The van der Waals surface area contributed by atoms with Crippen molar-refractivity contribution in [1.29, 1.82) is 0 Å². The van der Waals surface area contributed by atoms with Crippen molar-refractivity contribution in [2.45, 2.75) is 19.3 Å². The first-order valence-electron chi connectivity index (χ1n) is 10.6. The lowest BCUT2D eigenvalue weighted by Crippen LogP contribution is -2.35. The minimum Gasteiger partial charge on any atom is -0.379 e. The van der Waals surface area contributed by atoms with Crippen LogP contribution in [0.5, 0.6) is 0 Å². The molecule has 6 amide bonds. The van der Waals surface area contributed by atoms with Gasteiger partial charge in [0.05, 0.1) is 19.8 Å². The fraction of sp³-hybridized carbons (Fsp3) is 0.524. The summed E-state index contributed by atoms with van der Waals surface area (Å²) in [7, 11) is 0. The van der Waals surface area contributed by atoms with E-state index in [1.54, 1.807) is 0 Å². The number of carbonyl (C=O) groups is 6. The van der Waals surface area contributed by atoms with Gasteiger partial charge in [0.1, 0.15) is 0 Å². The van der Waals surface area contributed by atoms with Gasteiger partial charge in [0, 0.05) is 69.9 Å². The van der Waals surface area contributed by atoms with Crippen LogP contribution in [0, 0.1) is 0 Å². The highest BCUT2D eigenvalue weighted by atomic mass is 16.5. The van der Waals surface area contributed by atoms with Gasteiger partial charge < -0.3 is 20.1 Å². The molecule has 0 aromatic heterocycles. The number of carbonyl (C=O) groups excluding carboxylic acids is 6. The van der Waals surface area contributed by atoms with Crippen molar-refractivity contribution in [3.05, 3.63) is 24.3 Å². The molecule has 0 aromatic rings. The number of hydrogen-bond donors (Lipinski definition) is 2. The van der Waals surface area contributed by atoms with Crippen molar-refractivity contribution in [1.82, 2.24) is 20.4 Å². The topological polar surface area (TPSA) is 151 Å². The number of amides is 6. The molecule has 0 aromatic carbocycles. The second kappa shape index (κ2) is 13.9. The van der Waals surface area contributed by atoms with Crippen LogP contribution in [0.4, 0.5) is 0 Å². The Morgan fingerprint density at radius 2 is 1.06 bits per heavy atom. The number of rotatable bonds is 16. The first-order valence-corrected chi connectivity index (χ1v) is 10.6. The van der Waals surface area contributed by atoms with Gasteiger partial charge in [-0.05, 0) is 6.42 Å². The minimum atomic E-state index is -0.413. The average molecular weight is 464 g/mol. The number of nitrogens with one attached hydrogen (secondary N) is 2. The van der Waals surface area contributed by atoms with Crippen molar-refractivity contribution in [2.75, 3.05) is 52.6 Å². The Labute approximate surface area is 190 Å². The van der Waals surface area contributed by atoms with Crippen LogP contribution in [-0.2, 0) is 38.2 Å². The lowest BCUT2D eigenvalue weighted by atomic mass is 10.3. The highest BCUT2D eigenvalue weighted by Crippen LogP contribution is 2.04. The lowest BCUT2D eigenvalue weighted by molar-refractivity contribution is -0.139. The Hall–Kier alpha value is -3.38. The number of hydrogen-bond acceptors (Lipinski definition) is 8. The molecule has 0 bridgehead atoms. The van der Waals surface area contributed by atoms with Crippen LogP contribution in [-0.4, -0.2) is 97.8 Å². The Kier molecular flexibility index (Phi) is 10.9. The fourth-order valence-electron chi connectivity index (χ4n) is 2.89. The van der Waals surface area contributed by atoms with E-state index in [4.69, 9.17) is 9.47 Å². The van der Waals surface area contributed by atoms with E-state index in [1.165, 1.54) is 24.3 Å². The summed E-state index contributed by atoms with van der Waals surface area (Å²) < 4.78 is 10.7. The van der Waals surface area contributed by atoms with Gasteiger partial charge in [0.2, 0.25) is 11.8 Å². The van der Waals surface area contributed by atoms with Crippen LogP contribution in [0.1, 0.15) is 19.3 Å². The van der Waals surface area contributed by atoms with E-state index in [0.717, 1.165) is 9.80 Å². The second-order valence-electron chi connectivity index (χ2n) is 7.10. The molecule has 2 heterocycles. The minimum absolute atomic E-state index is 0.0323. The summed E-state index contributed by atoms with van der Waals surface area (Å²) in [5.41, 5.74) is 0. The maximum absolute atomic E-state index is 11.7. The highest BCUT2D eigenvalue weighted by molar-refractivity contribution is 6.13. The lowest BCUT2D eigenvalue weighted by Gasteiger charge is -2.13. The third-order valence-electron chi connectivity index (χ3n) is 4.65. The first-order chi connectivity index (χ1) is 15.9. The summed E-state index contributed by atoms with van der Waals surface area (Å²) in [5.74, 6) is -2.16. The molecule has 12 nitrogen and oxygen atoms in total. The van der Waals surface area contributed by atoms with Crippen LogP contribution in [0.3, 0.4) is 0 Å². The molecule has 2 aliphatic heterocycles. The zero-order chi connectivity index (χ0) is 24.1. The molecule has 0 saturated carbocycles. The van der Waals surface area contributed by atoms with E-state index in [0.29, 0.717) is 45.9 Å². The molecule has 2 aliphatic rings. The predicted molar refractivity (Wildman–Crippen MR) is 113 cm³/mol. The predicted octanol–water partition coefficient (Wildman–Crippen LogP) is -1.73. The van der Waals surface area contributed by atoms with Crippen LogP contribution in [0.25, 0.3) is 0 Å². The Bertz CT molecular complexity index is 721. The molecule has 0 aliphatic carbocycles. The van der Waals surface area contributed by atoms with Gasteiger partial charge in [-0.3, -0.25) is 38.6 Å². The van der Waals surface area contributed by atoms with E-state index in [-0.39, 0.29) is 37.7 Å². The molecule has 0 unspecified atom stereocenters. The molecular weight excluding hydrogens is 436 g/mol. The molecule has 0 radical (unpaired) electrons. The second-order valence-corrected chi connectivity index (χ2v) is 7.10. The monoisotopic (exact) mass is 464 g/mol. The molecule has 2 N–H and O–H groups in total. The van der Waals surface area contributed by atoms with Crippen LogP contribution in [0.15, 0.2) is 24.3 Å². The normalized spacial score (nSPS) is 15.2. The van der Waals surface area contributed by atoms with E-state index in [2.05, 4.69) is 10.6 Å². The highest BCUT2D eigenvalue weighted by Gasteiger charge is 2.24. The maximum Gasteiger partial charge on any atom is 0.253 e. The molecule has 0 spiro atoms. The van der Waals surface area contributed by atoms with Gasteiger partial charge in [-0.15, -0.1) is 0 Å². The van der Waals surface area contributed by atoms with E-state index < -0.39 is 23.6 Å². The third kappa shape index (κ3) is 9.33. The molecule has 0 fully saturated rings. The van der Waals surface area contributed by atoms with Gasteiger partial charge in [0.25, 0.3) is 23.6 Å². The third-order valence-corrected chi connectivity index (χ3v) is 4.65. The smallest absolute Gasteiger partial charge is 0.253 e. The van der Waals surface area contributed by atoms with Gasteiger partial charge in [0.15, 0.2) is 0 Å². The number of imide groups is 2. The van der Waals surface area contributed by atoms with Crippen LogP contribution >= 0.6 is 0 Å². The number of ether oxygens (including phenoxy) is 2. The Morgan fingerprint density at radius 1 is 0.636 bits per heavy atom. The Balaban J connectivity index is 1.34. The van der Waals surface area contributed by atoms with Crippen LogP contribution < -0.4 is 10.6 Å². The Morgan fingerprint density at radius 3 is 1.55 bits per heavy atom. The van der Waals surface area contributed by atoms with Crippen molar-refractivity contribution in [3.63, 3.8) is 0 Å². The van der Waals surface area contributed by atoms with Crippen molar-refractivity contribution >= 4 is 35.4 Å². The van der Waals surface area contributed by atoms with E-state index in [9.17, 15) is 28.8 Å². The van der Waals surface area contributed by atoms with Crippen LogP contribution in [0.2, 0.25) is 0 Å². The zero-order valence-corrected chi connectivity index (χ0v) is 18.2. The summed E-state index contributed by atoms with van der Waals surface area (Å²) in [6.45, 7) is 2.24. The summed E-state index contributed by atoms with van der Waals surface area (Å²) >= 11 is 0. The average Bonchev–Trinajstić information content (AvgIpc) is 3.28. The molecule has 12 heteroatoms. The van der Waals surface area contributed by atoms with Gasteiger partial charge >= 0.3 is 0 Å². The first kappa shape index (κ1) is 25.9. The van der Waals surface area contributed by atoms with E-state index >= 15 is 0 Å². The molecular formula is C21H28N4O8. The summed E-state index contributed by atoms with van der Waals surface area (Å²) in [6.07, 6.45) is 5.40. The van der Waals surface area contributed by atoms with Crippen molar-refractivity contribution < 1.29 is 38.2 Å². The molecule has 2 rings (SSSR count). The van der Waals surface area contributed by atoms with Crippen molar-refractivity contribution in [2.24, 2.45) is 0 Å². The van der Waals surface area contributed by atoms with E-state index in [1.807, 2.05) is 0 Å². The fourth-order valence-corrected chi connectivity index (χ4v) is 2.89. The quantitative estimate of drug-likeness (QED) is 0.202. The summed E-state index contributed by atoms with van der Waals surface area (Å²) in [6, 6.07) is 0. The SMILES string of the molecule is O=C(CCN1C(=O)C=CC1=O)NCCCOCCOCCNC(=O)CCN1C(=O)C=CC1=O. The van der Waals surface area contributed by atoms with Gasteiger partial charge in [-0.2, -0.15) is 0 Å². The summed E-state index contributed by atoms with van der Waals surface area (Å²) in [4.78, 5) is 71.0. The zero-order valence-electron chi connectivity index (χ0n) is 18.2. The molecule has 0 atom stereocenters.